The molecule has 0 rings (SSSR count). The molecule has 0 aromatic carbocycles. The first-order valence-corrected chi connectivity index (χ1v) is 8.49. The van der Waals surface area contributed by atoms with Gasteiger partial charge in [-0.05, 0) is 51.8 Å². The van der Waals surface area contributed by atoms with Crippen LogP contribution < -0.4 is 0 Å². The van der Waals surface area contributed by atoms with Gasteiger partial charge < -0.3 is 0 Å². The molecule has 0 aliphatic carbocycles. The van der Waals surface area contributed by atoms with Gasteiger partial charge in [-0.3, -0.25) is 0 Å². The van der Waals surface area contributed by atoms with Crippen molar-refractivity contribution >= 4 is 8.58 Å². The Labute approximate surface area is 116 Å². The summed E-state index contributed by atoms with van der Waals surface area (Å²) in [7, 11) is 0.892. The molecule has 0 aliphatic heterocycles. The Kier molecular flexibility index (Phi) is 9.98. The number of allylic oxidation sites excluding steroid dienone is 7. The highest BCUT2D eigenvalue weighted by atomic mass is 31.1. The van der Waals surface area contributed by atoms with Gasteiger partial charge in [-0.1, -0.05) is 55.1 Å². The van der Waals surface area contributed by atoms with E-state index in [2.05, 4.69) is 71.4 Å². The molecule has 18 heavy (non-hydrogen) atoms. The van der Waals surface area contributed by atoms with Crippen molar-refractivity contribution in [1.82, 2.24) is 0 Å². The molecule has 0 aliphatic rings. The minimum Gasteiger partial charge on any atom is -0.102 e. The Morgan fingerprint density at radius 1 is 1.22 bits per heavy atom. The first kappa shape index (κ1) is 17.4. The van der Waals surface area contributed by atoms with Crippen LogP contribution in [0.5, 0.6) is 0 Å². The maximum absolute atomic E-state index is 2.33. The first-order valence-electron chi connectivity index (χ1n) is 6.91. The Balaban J connectivity index is 5.00. The Morgan fingerprint density at radius 3 is 2.33 bits per heavy atom. The zero-order valence-electron chi connectivity index (χ0n) is 12.9. The van der Waals surface area contributed by atoms with Crippen molar-refractivity contribution in [2.45, 2.75) is 47.5 Å². The molecule has 0 bridgehead atoms. The van der Waals surface area contributed by atoms with Gasteiger partial charge in [0.15, 0.2) is 0 Å². The van der Waals surface area contributed by atoms with Crippen molar-refractivity contribution in [2.75, 3.05) is 6.66 Å². The zero-order chi connectivity index (χ0) is 14.0. The smallest absolute Gasteiger partial charge is 0.00621 e. The SMILES string of the molecule is C/C=C(C)\C(=C/C)C/C(=C\C=C/PC)C(C)CC. The summed E-state index contributed by atoms with van der Waals surface area (Å²) in [4.78, 5) is 0. The average molecular weight is 264 g/mol. The van der Waals surface area contributed by atoms with Gasteiger partial charge in [0.2, 0.25) is 0 Å². The van der Waals surface area contributed by atoms with Crippen LogP contribution in [0.4, 0.5) is 0 Å². The molecule has 1 heteroatoms. The highest BCUT2D eigenvalue weighted by Crippen LogP contribution is 2.26. The monoisotopic (exact) mass is 264 g/mol. The van der Waals surface area contributed by atoms with Crippen molar-refractivity contribution in [2.24, 2.45) is 5.92 Å². The number of hydrogen-bond donors (Lipinski definition) is 0. The molecule has 0 fully saturated rings. The summed E-state index contributed by atoms with van der Waals surface area (Å²) >= 11 is 0. The number of hydrogen-bond acceptors (Lipinski definition) is 0. The van der Waals surface area contributed by atoms with Crippen LogP contribution in [0.2, 0.25) is 0 Å². The molecule has 0 heterocycles. The second kappa shape index (κ2) is 10.3. The van der Waals surface area contributed by atoms with Gasteiger partial charge in [0.05, 0.1) is 0 Å². The Morgan fingerprint density at radius 2 is 1.89 bits per heavy atom. The second-order valence-electron chi connectivity index (χ2n) is 4.66. The molecule has 0 N–H and O–H groups in total. The summed E-state index contributed by atoms with van der Waals surface area (Å²) in [5, 5.41) is 0. The lowest BCUT2D eigenvalue weighted by Gasteiger charge is -2.16. The molecular weight excluding hydrogens is 235 g/mol. The maximum atomic E-state index is 2.33. The lowest BCUT2D eigenvalue weighted by atomic mass is 9.89. The third kappa shape index (κ3) is 6.36. The van der Waals surface area contributed by atoms with E-state index >= 15 is 0 Å². The van der Waals surface area contributed by atoms with Crippen LogP contribution in [0.1, 0.15) is 47.5 Å². The summed E-state index contributed by atoms with van der Waals surface area (Å²) in [5.41, 5.74) is 4.39. The van der Waals surface area contributed by atoms with E-state index in [0.717, 1.165) is 15.0 Å². The van der Waals surface area contributed by atoms with Crippen molar-refractivity contribution in [3.8, 4) is 0 Å². The van der Waals surface area contributed by atoms with E-state index in [1.54, 1.807) is 5.57 Å². The van der Waals surface area contributed by atoms with E-state index < -0.39 is 0 Å². The van der Waals surface area contributed by atoms with Crippen LogP contribution in [0.15, 0.2) is 46.8 Å². The van der Waals surface area contributed by atoms with Gasteiger partial charge >= 0.3 is 0 Å². The summed E-state index contributed by atoms with van der Waals surface area (Å²) in [6, 6.07) is 0. The molecule has 0 amide bonds. The van der Waals surface area contributed by atoms with Gasteiger partial charge in [0.1, 0.15) is 0 Å². The van der Waals surface area contributed by atoms with Crippen LogP contribution in [0, 0.1) is 5.92 Å². The molecule has 2 atom stereocenters. The van der Waals surface area contributed by atoms with Crippen LogP contribution in [0.25, 0.3) is 0 Å². The predicted molar refractivity (Wildman–Crippen MR) is 88.7 cm³/mol. The van der Waals surface area contributed by atoms with Crippen LogP contribution in [0.3, 0.4) is 0 Å². The highest BCUT2D eigenvalue weighted by Gasteiger charge is 2.09. The molecule has 0 aromatic heterocycles. The fourth-order valence-corrected chi connectivity index (χ4v) is 2.09. The average Bonchev–Trinajstić information content (AvgIpc) is 2.41. The third-order valence-corrected chi connectivity index (χ3v) is 4.03. The molecule has 0 nitrogen and oxygen atoms in total. The van der Waals surface area contributed by atoms with Crippen molar-refractivity contribution < 1.29 is 0 Å². The van der Waals surface area contributed by atoms with Crippen LogP contribution in [-0.2, 0) is 0 Å². The molecule has 0 spiro atoms. The normalized spacial score (nSPS) is 17.1. The van der Waals surface area contributed by atoms with E-state index in [1.807, 2.05) is 0 Å². The first-order chi connectivity index (χ1) is 8.60. The highest BCUT2D eigenvalue weighted by molar-refractivity contribution is 7.40. The van der Waals surface area contributed by atoms with E-state index in [-0.39, 0.29) is 0 Å². The molecule has 0 radical (unpaired) electrons. The Hall–Kier alpha value is -0.610. The maximum Gasteiger partial charge on any atom is -0.00621 e. The molecule has 2 unspecified atom stereocenters. The van der Waals surface area contributed by atoms with Gasteiger partial charge in [0.25, 0.3) is 0 Å². The molecule has 102 valence electrons. The molecule has 0 aromatic rings. The third-order valence-electron chi connectivity index (χ3n) is 3.50. The predicted octanol–water partition coefficient (Wildman–Crippen LogP) is 6.08. The van der Waals surface area contributed by atoms with Gasteiger partial charge in [0, 0.05) is 0 Å². The Bertz CT molecular complexity index is 343. The van der Waals surface area contributed by atoms with E-state index in [1.165, 1.54) is 17.6 Å². The molecular formula is C17H29P. The standard InChI is InChI=1S/C17H29P/c1-7-14(4)16(9-3)13-17(15(5)8-2)11-10-12-18-6/h7,9-12,15,18H,8,13H2,1-6H3/b12-10-,14-7-,16-9-,17-11+. The van der Waals surface area contributed by atoms with E-state index in [0.29, 0.717) is 5.92 Å². The van der Waals surface area contributed by atoms with Gasteiger partial charge in [-0.15, -0.1) is 8.58 Å². The fraction of sp³-hybridized carbons (Fsp3) is 0.529. The zero-order valence-corrected chi connectivity index (χ0v) is 13.9. The van der Waals surface area contributed by atoms with Crippen LogP contribution >= 0.6 is 8.58 Å². The van der Waals surface area contributed by atoms with Gasteiger partial charge in [-0.25, -0.2) is 0 Å². The topological polar surface area (TPSA) is 0 Å². The lowest BCUT2D eigenvalue weighted by Crippen LogP contribution is -2.00. The minimum absolute atomic E-state index is 0.662. The van der Waals surface area contributed by atoms with Crippen molar-refractivity contribution in [3.05, 3.63) is 46.8 Å². The number of rotatable bonds is 7. The summed E-state index contributed by atoms with van der Waals surface area (Å²) in [6.07, 6.45) is 11.3. The van der Waals surface area contributed by atoms with Crippen molar-refractivity contribution in [3.63, 3.8) is 0 Å². The fourth-order valence-electron chi connectivity index (χ4n) is 1.80. The summed E-state index contributed by atoms with van der Waals surface area (Å²) < 4.78 is 0. The summed E-state index contributed by atoms with van der Waals surface area (Å²) in [5.74, 6) is 2.91. The quantitative estimate of drug-likeness (QED) is 0.386. The van der Waals surface area contributed by atoms with E-state index in [4.69, 9.17) is 0 Å². The minimum atomic E-state index is 0.662. The van der Waals surface area contributed by atoms with E-state index in [9.17, 15) is 0 Å². The van der Waals surface area contributed by atoms with Crippen LogP contribution in [-0.4, -0.2) is 6.66 Å². The molecule has 0 saturated carbocycles. The van der Waals surface area contributed by atoms with Gasteiger partial charge in [-0.2, -0.15) is 0 Å². The van der Waals surface area contributed by atoms with Crippen molar-refractivity contribution in [1.29, 1.82) is 0 Å². The lowest BCUT2D eigenvalue weighted by molar-refractivity contribution is 0.638. The summed E-state index contributed by atoms with van der Waals surface area (Å²) in [6.45, 7) is 13.2. The molecule has 0 saturated heterocycles. The largest absolute Gasteiger partial charge is 0.102 e. The second-order valence-corrected chi connectivity index (χ2v) is 5.57.